The molecule has 126 valence electrons. The second kappa shape index (κ2) is 15.3. The first-order chi connectivity index (χ1) is 9.60. The van der Waals surface area contributed by atoms with Crippen LogP contribution in [0.5, 0.6) is 0 Å². The van der Waals surface area contributed by atoms with Gasteiger partial charge >= 0.3 is 26.2 Å². The summed E-state index contributed by atoms with van der Waals surface area (Å²) < 4.78 is 0. The Bertz CT molecular complexity index is 514. The maximum absolute atomic E-state index is 3.49. The van der Waals surface area contributed by atoms with Crippen LogP contribution in [0.1, 0.15) is 48.4 Å². The van der Waals surface area contributed by atoms with Crippen LogP contribution in [-0.2, 0) is 26.2 Å². The van der Waals surface area contributed by atoms with Gasteiger partial charge in [-0.05, 0) is 13.8 Å². The molecule has 0 nitrogen and oxygen atoms in total. The molecule has 0 spiro atoms. The fourth-order valence-electron chi connectivity index (χ4n) is 2.34. The van der Waals surface area contributed by atoms with E-state index in [1.807, 2.05) is 37.3 Å². The van der Waals surface area contributed by atoms with Gasteiger partial charge in [-0.3, -0.25) is 6.08 Å². The Morgan fingerprint density at radius 1 is 1.13 bits per heavy atom. The zero-order chi connectivity index (χ0) is 15.0. The van der Waals surface area contributed by atoms with Gasteiger partial charge in [-0.15, -0.1) is 11.6 Å². The van der Waals surface area contributed by atoms with Crippen LogP contribution in [0.15, 0.2) is 42.5 Å². The largest absolute Gasteiger partial charge is 2.00 e. The molecule has 0 saturated heterocycles. The van der Waals surface area contributed by atoms with Gasteiger partial charge in [0, 0.05) is 0 Å². The quantitative estimate of drug-likeness (QED) is 0.515. The maximum Gasteiger partial charge on any atom is 2.00 e. The molecule has 0 aliphatic heterocycles. The molecule has 1 atom stereocenters. The predicted octanol–water partition coefficient (Wildman–Crippen LogP) is -0.122. The second-order valence-electron chi connectivity index (χ2n) is 5.08. The SMILES string of the molecule is Cc1cc(C)c2c(c1)C=[C-]C2C.[CH2-]CC.[Cl-].[Cl-].[Zr+2].c1cc[cH-]c1. The molecule has 0 aromatic heterocycles. The van der Waals surface area contributed by atoms with E-state index in [4.69, 9.17) is 0 Å². The molecule has 3 rings (SSSR count). The van der Waals surface area contributed by atoms with Crippen molar-refractivity contribution in [2.75, 3.05) is 0 Å². The number of aryl methyl sites for hydroxylation is 2. The van der Waals surface area contributed by atoms with Crippen LogP contribution in [-0.4, -0.2) is 0 Å². The van der Waals surface area contributed by atoms with Gasteiger partial charge in [0.2, 0.25) is 0 Å². The van der Waals surface area contributed by atoms with Crippen LogP contribution < -0.4 is 24.8 Å². The summed E-state index contributed by atoms with van der Waals surface area (Å²) in [5.41, 5.74) is 5.57. The Morgan fingerprint density at radius 3 is 2.09 bits per heavy atom. The Labute approximate surface area is 174 Å². The van der Waals surface area contributed by atoms with Gasteiger partial charge in [0.1, 0.15) is 0 Å². The van der Waals surface area contributed by atoms with Gasteiger partial charge in [-0.25, -0.2) is 18.2 Å². The molecule has 2 aromatic carbocycles. The van der Waals surface area contributed by atoms with E-state index in [9.17, 15) is 0 Å². The van der Waals surface area contributed by atoms with Crippen molar-refractivity contribution in [2.45, 2.75) is 40.0 Å². The molecule has 1 unspecified atom stereocenters. The zero-order valence-electron chi connectivity index (χ0n) is 14.4. The molecule has 3 heteroatoms. The molecule has 0 fully saturated rings. The molecule has 0 N–H and O–H groups in total. The molecule has 0 bridgehead atoms. The van der Waals surface area contributed by atoms with E-state index in [0.29, 0.717) is 5.92 Å². The molecule has 0 heterocycles. The number of fused-ring (bicyclic) bond motifs is 1. The minimum atomic E-state index is 0. The minimum absolute atomic E-state index is 0. The fraction of sp³-hybridized carbons (Fsp3) is 0.300. The predicted molar refractivity (Wildman–Crippen MR) is 89.7 cm³/mol. The summed E-state index contributed by atoms with van der Waals surface area (Å²) >= 11 is 0. The normalized spacial score (nSPS) is 12.8. The Kier molecular flexibility index (Phi) is 18.4. The van der Waals surface area contributed by atoms with E-state index < -0.39 is 0 Å². The number of rotatable bonds is 0. The van der Waals surface area contributed by atoms with Crippen LogP contribution >= 0.6 is 0 Å². The van der Waals surface area contributed by atoms with Crippen LogP contribution in [0.2, 0.25) is 0 Å². The summed E-state index contributed by atoms with van der Waals surface area (Å²) in [5.74, 6) is 0.487. The Morgan fingerprint density at radius 2 is 1.65 bits per heavy atom. The van der Waals surface area contributed by atoms with Gasteiger partial charge in [-0.2, -0.15) is 30.2 Å². The summed E-state index contributed by atoms with van der Waals surface area (Å²) in [6.07, 6.45) is 6.44. The van der Waals surface area contributed by atoms with Gasteiger partial charge in [0.15, 0.2) is 0 Å². The van der Waals surface area contributed by atoms with Gasteiger partial charge in [0.05, 0.1) is 0 Å². The monoisotopic (exact) mass is 425 g/mol. The van der Waals surface area contributed by atoms with E-state index >= 15 is 0 Å². The van der Waals surface area contributed by atoms with Crippen molar-refractivity contribution in [1.29, 1.82) is 0 Å². The van der Waals surface area contributed by atoms with Crippen molar-refractivity contribution in [3.8, 4) is 0 Å². The van der Waals surface area contributed by atoms with Crippen molar-refractivity contribution in [3.05, 3.63) is 77.7 Å². The van der Waals surface area contributed by atoms with E-state index in [1.54, 1.807) is 0 Å². The smallest absolute Gasteiger partial charge is 1.00 e. The number of hydrogen-bond donors (Lipinski definition) is 0. The van der Waals surface area contributed by atoms with E-state index in [-0.39, 0.29) is 51.0 Å². The average molecular weight is 428 g/mol. The van der Waals surface area contributed by atoms with E-state index in [0.717, 1.165) is 6.42 Å². The van der Waals surface area contributed by atoms with Crippen molar-refractivity contribution < 1.29 is 51.0 Å². The molecule has 2 aromatic rings. The summed E-state index contributed by atoms with van der Waals surface area (Å²) in [4.78, 5) is 0. The van der Waals surface area contributed by atoms with Gasteiger partial charge in [-0.1, -0.05) is 37.0 Å². The number of allylic oxidation sites excluding steroid dienone is 1. The van der Waals surface area contributed by atoms with Crippen molar-refractivity contribution in [1.82, 2.24) is 0 Å². The summed E-state index contributed by atoms with van der Waals surface area (Å²) in [6, 6.07) is 14.5. The molecule has 1 aliphatic carbocycles. The summed E-state index contributed by atoms with van der Waals surface area (Å²) in [6.45, 7) is 12.0. The topological polar surface area (TPSA) is 0 Å². The fourth-order valence-corrected chi connectivity index (χ4v) is 2.34. The number of halogens is 2. The first kappa shape index (κ1) is 27.6. The molecule has 1 aliphatic rings. The number of hydrogen-bond acceptors (Lipinski definition) is 0. The molecular formula is C20H25Cl2Zr-3. The number of benzene rings is 1. The van der Waals surface area contributed by atoms with Crippen molar-refractivity contribution in [2.24, 2.45) is 0 Å². The zero-order valence-corrected chi connectivity index (χ0v) is 18.3. The van der Waals surface area contributed by atoms with Gasteiger partial charge in [0.25, 0.3) is 0 Å². The first-order valence-corrected chi connectivity index (χ1v) is 7.26. The molecule has 0 radical (unpaired) electrons. The molecular weight excluding hydrogens is 402 g/mol. The summed E-state index contributed by atoms with van der Waals surface area (Å²) in [5, 5.41) is 0. The van der Waals surface area contributed by atoms with Crippen molar-refractivity contribution in [3.63, 3.8) is 0 Å². The van der Waals surface area contributed by atoms with E-state index in [2.05, 4.69) is 52.0 Å². The molecule has 23 heavy (non-hydrogen) atoms. The summed E-state index contributed by atoms with van der Waals surface area (Å²) in [7, 11) is 0. The minimum Gasteiger partial charge on any atom is -1.00 e. The third kappa shape index (κ3) is 9.60. The third-order valence-corrected chi connectivity index (χ3v) is 3.04. The average Bonchev–Trinajstić information content (AvgIpc) is 3.03. The molecule has 0 amide bonds. The van der Waals surface area contributed by atoms with Crippen molar-refractivity contribution >= 4 is 6.08 Å². The second-order valence-corrected chi connectivity index (χ2v) is 5.08. The Hall–Kier alpha value is -0.227. The van der Waals surface area contributed by atoms with Crippen LogP contribution in [0.25, 0.3) is 6.08 Å². The maximum atomic E-state index is 3.49. The third-order valence-electron chi connectivity index (χ3n) is 3.04. The first-order valence-electron chi connectivity index (χ1n) is 7.26. The van der Waals surface area contributed by atoms with Crippen LogP contribution in [0.4, 0.5) is 0 Å². The van der Waals surface area contributed by atoms with Crippen LogP contribution in [0.3, 0.4) is 0 Å². The van der Waals surface area contributed by atoms with Crippen LogP contribution in [0, 0.1) is 26.8 Å². The van der Waals surface area contributed by atoms with Gasteiger partial charge < -0.3 is 31.7 Å². The Balaban J connectivity index is -0.000000312. The molecule has 0 saturated carbocycles. The van der Waals surface area contributed by atoms with E-state index in [1.165, 1.54) is 22.3 Å². The standard InChI is InChI=1S/C12H13.C5H5.C3H7.2ClH.Zr/c1-8-6-10(3)12-9(2)4-5-11(12)7-8;1-2-4-5-3-1;1-3-2;;;/h5-7,9H,1-3H3;1-5H;1,3H2,2H3;2*1H;/q3*-1;;;+2/p-2.